The van der Waals surface area contributed by atoms with E-state index in [9.17, 15) is 4.79 Å². The minimum absolute atomic E-state index is 0.0569. The number of pyridine rings is 2. The predicted octanol–water partition coefficient (Wildman–Crippen LogP) is 4.58. The third-order valence-electron chi connectivity index (χ3n) is 6.06. The molecule has 2 atom stereocenters. The van der Waals surface area contributed by atoms with Crippen LogP contribution in [0, 0.1) is 6.92 Å². The SMILES string of the molecule is Cc1cccc(NC(=O)CCN2C(=S)NC(c3ccccn3)C2c2cccn2-c2ccccn2)c1. The molecule has 7 nitrogen and oxygen atoms in total. The first-order valence-electron chi connectivity index (χ1n) is 11.5. The zero-order chi connectivity index (χ0) is 24.2. The molecule has 8 heteroatoms. The second-order valence-corrected chi connectivity index (χ2v) is 8.87. The molecular weight excluding hydrogens is 456 g/mol. The van der Waals surface area contributed by atoms with Crippen LogP contribution >= 0.6 is 12.2 Å². The summed E-state index contributed by atoms with van der Waals surface area (Å²) in [6.07, 6.45) is 5.86. The number of nitrogens with one attached hydrogen (secondary N) is 2. The van der Waals surface area contributed by atoms with Gasteiger partial charge >= 0.3 is 0 Å². The molecule has 176 valence electrons. The maximum absolute atomic E-state index is 12.8. The van der Waals surface area contributed by atoms with Crippen LogP contribution in [0.4, 0.5) is 5.69 Å². The second-order valence-electron chi connectivity index (χ2n) is 8.48. The molecule has 4 heterocycles. The van der Waals surface area contributed by atoms with Gasteiger partial charge in [-0.05, 0) is 73.2 Å². The first kappa shape index (κ1) is 22.7. The van der Waals surface area contributed by atoms with Crippen LogP contribution < -0.4 is 10.6 Å². The summed E-state index contributed by atoms with van der Waals surface area (Å²) < 4.78 is 2.07. The molecule has 1 aliphatic heterocycles. The Morgan fingerprint density at radius 1 is 1.03 bits per heavy atom. The topological polar surface area (TPSA) is 75.1 Å². The Balaban J connectivity index is 1.43. The minimum atomic E-state index is -0.166. The molecule has 1 aromatic carbocycles. The molecule has 35 heavy (non-hydrogen) atoms. The molecule has 5 rings (SSSR count). The standard InChI is InChI=1S/C27H26N6OS/c1-19-8-6-9-20(18-19)30-24(34)13-17-33-26(25(31-27(33)35)21-10-2-4-14-28-21)22-11-7-16-32(22)23-12-3-5-15-29-23/h2-12,14-16,18,25-26H,13,17H2,1H3,(H,30,34)(H,31,35). The first-order chi connectivity index (χ1) is 17.1. The van der Waals surface area contributed by atoms with Crippen molar-refractivity contribution < 1.29 is 4.79 Å². The van der Waals surface area contributed by atoms with Gasteiger partial charge in [-0.15, -0.1) is 0 Å². The van der Waals surface area contributed by atoms with E-state index in [1.165, 1.54) is 0 Å². The molecule has 1 saturated heterocycles. The normalized spacial score (nSPS) is 17.3. The number of hydrogen-bond acceptors (Lipinski definition) is 4. The number of amides is 1. The number of anilines is 1. The lowest BCUT2D eigenvalue weighted by Crippen LogP contribution is -2.33. The minimum Gasteiger partial charge on any atom is -0.352 e. The number of carbonyl (C=O) groups is 1. The van der Waals surface area contributed by atoms with E-state index in [4.69, 9.17) is 12.2 Å². The van der Waals surface area contributed by atoms with E-state index in [1.807, 2.05) is 79.9 Å². The van der Waals surface area contributed by atoms with Crippen LogP contribution in [0.15, 0.2) is 91.4 Å². The largest absolute Gasteiger partial charge is 0.352 e. The van der Waals surface area contributed by atoms with Gasteiger partial charge in [-0.25, -0.2) is 4.98 Å². The highest BCUT2D eigenvalue weighted by atomic mass is 32.1. The van der Waals surface area contributed by atoms with E-state index < -0.39 is 0 Å². The van der Waals surface area contributed by atoms with Gasteiger partial charge in [-0.3, -0.25) is 9.78 Å². The molecule has 0 bridgehead atoms. The zero-order valence-corrected chi connectivity index (χ0v) is 20.2. The number of thiocarbonyl (C=S) groups is 1. The van der Waals surface area contributed by atoms with Gasteiger partial charge in [0.05, 0.1) is 17.8 Å². The van der Waals surface area contributed by atoms with E-state index in [0.717, 1.165) is 28.5 Å². The van der Waals surface area contributed by atoms with E-state index >= 15 is 0 Å². The average molecular weight is 483 g/mol. The lowest BCUT2D eigenvalue weighted by Gasteiger charge is -2.28. The number of aromatic nitrogens is 3. The summed E-state index contributed by atoms with van der Waals surface area (Å²) in [5.41, 5.74) is 3.80. The number of hydrogen-bond donors (Lipinski definition) is 2. The molecule has 0 spiro atoms. The van der Waals surface area contributed by atoms with Crippen molar-refractivity contribution in [1.29, 1.82) is 0 Å². The van der Waals surface area contributed by atoms with Crippen molar-refractivity contribution in [2.24, 2.45) is 0 Å². The molecular formula is C27H26N6OS. The number of aryl methyl sites for hydroxylation is 1. The molecule has 1 amide bonds. The van der Waals surface area contributed by atoms with E-state index in [2.05, 4.69) is 36.1 Å². The van der Waals surface area contributed by atoms with Crippen LogP contribution in [0.5, 0.6) is 0 Å². The summed E-state index contributed by atoms with van der Waals surface area (Å²) in [5, 5.41) is 7.04. The molecule has 1 fully saturated rings. The van der Waals surface area contributed by atoms with Gasteiger partial charge in [-0.2, -0.15) is 0 Å². The van der Waals surface area contributed by atoms with Crippen molar-refractivity contribution >= 4 is 28.9 Å². The Bertz CT molecular complexity index is 1320. The fourth-order valence-electron chi connectivity index (χ4n) is 4.48. The van der Waals surface area contributed by atoms with Crippen molar-refractivity contribution in [3.63, 3.8) is 0 Å². The van der Waals surface area contributed by atoms with Crippen molar-refractivity contribution in [3.8, 4) is 5.82 Å². The third-order valence-corrected chi connectivity index (χ3v) is 6.41. The Morgan fingerprint density at radius 2 is 1.86 bits per heavy atom. The van der Waals surface area contributed by atoms with Crippen LogP contribution in [-0.4, -0.2) is 37.0 Å². The quantitative estimate of drug-likeness (QED) is 0.376. The third kappa shape index (κ3) is 4.93. The summed E-state index contributed by atoms with van der Waals surface area (Å²) >= 11 is 5.76. The summed E-state index contributed by atoms with van der Waals surface area (Å²) in [6, 6.07) is 23.2. The van der Waals surface area contributed by atoms with Crippen molar-refractivity contribution in [3.05, 3.63) is 108 Å². The van der Waals surface area contributed by atoms with Gasteiger partial charge in [0.15, 0.2) is 5.11 Å². The van der Waals surface area contributed by atoms with Crippen LogP contribution in [-0.2, 0) is 4.79 Å². The monoisotopic (exact) mass is 482 g/mol. The van der Waals surface area contributed by atoms with Crippen molar-refractivity contribution in [2.45, 2.75) is 25.4 Å². The van der Waals surface area contributed by atoms with Gasteiger partial charge in [0.25, 0.3) is 0 Å². The van der Waals surface area contributed by atoms with E-state index in [-0.39, 0.29) is 18.0 Å². The number of carbonyl (C=O) groups excluding carboxylic acids is 1. The van der Waals surface area contributed by atoms with Crippen LogP contribution in [0.3, 0.4) is 0 Å². The molecule has 4 aromatic rings. The van der Waals surface area contributed by atoms with E-state index in [1.54, 1.807) is 12.4 Å². The van der Waals surface area contributed by atoms with Gasteiger partial charge in [-0.1, -0.05) is 24.3 Å². The molecule has 3 aromatic heterocycles. The molecule has 0 aliphatic carbocycles. The zero-order valence-electron chi connectivity index (χ0n) is 19.3. The highest BCUT2D eigenvalue weighted by Crippen LogP contribution is 2.39. The average Bonchev–Trinajstić information content (AvgIpc) is 3.48. The summed E-state index contributed by atoms with van der Waals surface area (Å²) in [4.78, 5) is 24.0. The number of rotatable bonds is 7. The Hall–Kier alpha value is -4.04. The van der Waals surface area contributed by atoms with Crippen LogP contribution in [0.2, 0.25) is 0 Å². The lowest BCUT2D eigenvalue weighted by atomic mass is 10.0. The van der Waals surface area contributed by atoms with Gasteiger partial charge in [0.2, 0.25) is 5.91 Å². The maximum atomic E-state index is 12.8. The molecule has 0 radical (unpaired) electrons. The summed E-state index contributed by atoms with van der Waals surface area (Å²) in [6.45, 7) is 2.47. The Morgan fingerprint density at radius 3 is 2.60 bits per heavy atom. The summed E-state index contributed by atoms with van der Waals surface area (Å²) in [7, 11) is 0. The highest BCUT2D eigenvalue weighted by Gasteiger charge is 2.41. The van der Waals surface area contributed by atoms with Gasteiger partial charge in [0.1, 0.15) is 5.82 Å². The molecule has 2 N–H and O–H groups in total. The highest BCUT2D eigenvalue weighted by molar-refractivity contribution is 7.80. The molecule has 0 saturated carbocycles. The van der Waals surface area contributed by atoms with E-state index in [0.29, 0.717) is 18.1 Å². The van der Waals surface area contributed by atoms with Crippen molar-refractivity contribution in [1.82, 2.24) is 24.8 Å². The van der Waals surface area contributed by atoms with Crippen LogP contribution in [0.25, 0.3) is 5.82 Å². The second kappa shape index (κ2) is 10.1. The van der Waals surface area contributed by atoms with Gasteiger partial charge in [0, 0.05) is 42.9 Å². The predicted molar refractivity (Wildman–Crippen MR) is 140 cm³/mol. The molecule has 1 aliphatic rings. The number of benzene rings is 1. The van der Waals surface area contributed by atoms with Crippen molar-refractivity contribution in [2.75, 3.05) is 11.9 Å². The summed E-state index contributed by atoms with van der Waals surface area (Å²) in [5.74, 6) is 0.765. The fraction of sp³-hybridized carbons (Fsp3) is 0.185. The fourth-order valence-corrected chi connectivity index (χ4v) is 4.81. The first-order valence-corrected chi connectivity index (χ1v) is 11.9. The lowest BCUT2D eigenvalue weighted by molar-refractivity contribution is -0.116. The Labute approximate surface area is 209 Å². The van der Waals surface area contributed by atoms with Gasteiger partial charge < -0.3 is 20.1 Å². The van der Waals surface area contributed by atoms with Crippen LogP contribution in [0.1, 0.15) is 35.5 Å². The maximum Gasteiger partial charge on any atom is 0.226 e. The smallest absolute Gasteiger partial charge is 0.226 e. The Kier molecular flexibility index (Phi) is 6.54. The number of nitrogens with zero attached hydrogens (tertiary/aromatic N) is 4. The molecule has 2 unspecified atom stereocenters.